The number of hydrogen-bond acceptors (Lipinski definition) is 7. The van der Waals surface area contributed by atoms with Crippen molar-refractivity contribution in [3.63, 3.8) is 0 Å². The molecule has 2 atom stereocenters. The number of hydrogen-bond donors (Lipinski definition) is 2. The highest BCUT2D eigenvalue weighted by molar-refractivity contribution is 6.06. The summed E-state index contributed by atoms with van der Waals surface area (Å²) in [5.41, 5.74) is 7.56. The molecule has 3 aliphatic heterocycles. The minimum atomic E-state index is -0.798. The second-order valence-electron chi connectivity index (χ2n) is 14.2. The molecule has 2 N–H and O–H groups in total. The van der Waals surface area contributed by atoms with Crippen LogP contribution in [0.25, 0.3) is 12.2 Å². The quantitative estimate of drug-likeness (QED) is 0.425. The molecule has 3 amide bonds. The molecule has 0 saturated carbocycles. The van der Waals surface area contributed by atoms with E-state index in [1.54, 1.807) is 23.4 Å². The maximum absolute atomic E-state index is 14.0. The average Bonchev–Trinajstić information content (AvgIpc) is 3.59. The number of carbonyl (C=O) groups excluding carboxylic acids is 3. The number of pyridine rings is 2. The van der Waals surface area contributed by atoms with E-state index >= 15 is 0 Å². The van der Waals surface area contributed by atoms with Crippen LogP contribution in [-0.2, 0) is 34.3 Å². The first-order valence-electron chi connectivity index (χ1n) is 17.3. The van der Waals surface area contributed by atoms with Gasteiger partial charge in [-0.15, -0.1) is 0 Å². The van der Waals surface area contributed by atoms with E-state index in [0.29, 0.717) is 31.6 Å². The molecule has 254 valence electrons. The summed E-state index contributed by atoms with van der Waals surface area (Å²) < 4.78 is 0. The third kappa shape index (κ3) is 6.37. The number of rotatable bonds is 2. The van der Waals surface area contributed by atoms with Gasteiger partial charge in [0.15, 0.2) is 0 Å². The Hall–Kier alpha value is -4.83. The van der Waals surface area contributed by atoms with E-state index < -0.39 is 17.4 Å². The van der Waals surface area contributed by atoms with Crippen molar-refractivity contribution in [2.75, 3.05) is 57.5 Å². The number of nitrogens with zero attached hydrogens (tertiary/aromatic N) is 5. The number of anilines is 2. The first-order valence-corrected chi connectivity index (χ1v) is 17.3. The van der Waals surface area contributed by atoms with Crippen LogP contribution in [0.4, 0.5) is 11.5 Å². The summed E-state index contributed by atoms with van der Waals surface area (Å²) in [5.74, 6) is -0.0103. The molecule has 4 aliphatic rings. The van der Waals surface area contributed by atoms with Gasteiger partial charge >= 0.3 is 0 Å². The van der Waals surface area contributed by atoms with Crippen molar-refractivity contribution < 1.29 is 14.4 Å². The molecule has 1 aliphatic carbocycles. The summed E-state index contributed by atoms with van der Waals surface area (Å²) in [6, 6.07) is 7.34. The highest BCUT2D eigenvalue weighted by Gasteiger charge is 2.51. The maximum atomic E-state index is 14.0. The van der Waals surface area contributed by atoms with E-state index in [1.807, 2.05) is 7.05 Å². The molecule has 0 unspecified atom stereocenters. The van der Waals surface area contributed by atoms with Crippen molar-refractivity contribution in [2.45, 2.75) is 56.9 Å². The Morgan fingerprint density at radius 3 is 2.51 bits per heavy atom. The van der Waals surface area contributed by atoms with Gasteiger partial charge < -0.3 is 25.3 Å². The van der Waals surface area contributed by atoms with Gasteiger partial charge in [0, 0.05) is 63.8 Å². The lowest BCUT2D eigenvalue weighted by molar-refractivity contribution is -0.132. The number of nitrogens with one attached hydrogen (secondary N) is 2. The van der Waals surface area contributed by atoms with Gasteiger partial charge in [-0.25, -0.2) is 4.98 Å². The Bertz CT molecular complexity index is 1880. The molecule has 2 aromatic heterocycles. The zero-order valence-corrected chi connectivity index (χ0v) is 28.9. The standard InChI is InChI=1S/C39H45N7O3/c1-25-16-27(17-28-11-9-15-45(3)34(25)28)19-33-37(48)46(4)14-7-5-6-12-44(2)13-8-10-26-18-31-35(41-23-26)43-38(49)39(31)21-29-20-32(36(47)42-33)40-24-30(29)22-39/h8-11,16-18,20,23-24,33H,5-7,12-15,19,21-22H2,1-4H3,(H,42,47)(H,41,43,49)/b10-8+/t33-,39-/m1/s1. The fourth-order valence-corrected chi connectivity index (χ4v) is 7.91. The summed E-state index contributed by atoms with van der Waals surface area (Å²) in [6.07, 6.45) is 16.2. The molecule has 5 heterocycles. The lowest BCUT2D eigenvalue weighted by Gasteiger charge is -2.28. The van der Waals surface area contributed by atoms with Crippen molar-refractivity contribution in [1.82, 2.24) is 25.1 Å². The predicted molar refractivity (Wildman–Crippen MR) is 193 cm³/mol. The number of aromatic nitrogens is 2. The molecule has 1 aromatic carbocycles. The Morgan fingerprint density at radius 2 is 1.65 bits per heavy atom. The first-order chi connectivity index (χ1) is 23.6. The molecule has 5 bridgehead atoms. The van der Waals surface area contributed by atoms with Crippen LogP contribution in [0.5, 0.6) is 0 Å². The molecule has 1 spiro atoms. The maximum Gasteiger partial charge on any atom is 0.270 e. The van der Waals surface area contributed by atoms with E-state index in [2.05, 4.69) is 93.9 Å². The minimum absolute atomic E-state index is 0.0809. The summed E-state index contributed by atoms with van der Waals surface area (Å²) in [7, 11) is 6.01. The smallest absolute Gasteiger partial charge is 0.270 e. The monoisotopic (exact) mass is 659 g/mol. The largest absolute Gasteiger partial charge is 0.370 e. The van der Waals surface area contributed by atoms with Crippen LogP contribution < -0.4 is 15.5 Å². The zero-order valence-electron chi connectivity index (χ0n) is 28.9. The number of carbonyl (C=O) groups is 3. The summed E-state index contributed by atoms with van der Waals surface area (Å²) in [6.45, 7) is 5.30. The van der Waals surface area contributed by atoms with E-state index in [-0.39, 0.29) is 17.5 Å². The summed E-state index contributed by atoms with van der Waals surface area (Å²) in [4.78, 5) is 56.8. The Labute approximate surface area is 288 Å². The van der Waals surface area contributed by atoms with Crippen molar-refractivity contribution in [1.29, 1.82) is 0 Å². The minimum Gasteiger partial charge on any atom is -0.370 e. The van der Waals surface area contributed by atoms with Gasteiger partial charge in [0.2, 0.25) is 11.8 Å². The van der Waals surface area contributed by atoms with E-state index in [9.17, 15) is 14.4 Å². The van der Waals surface area contributed by atoms with Gasteiger partial charge in [-0.05, 0) is 97.8 Å². The lowest BCUT2D eigenvalue weighted by Crippen LogP contribution is -2.49. The fourth-order valence-electron chi connectivity index (χ4n) is 7.91. The van der Waals surface area contributed by atoms with Gasteiger partial charge in [-0.1, -0.05) is 36.8 Å². The molecule has 10 nitrogen and oxygen atoms in total. The Balaban J connectivity index is 1.20. The second-order valence-corrected chi connectivity index (χ2v) is 14.2. The molecule has 10 heteroatoms. The molecular weight excluding hydrogens is 614 g/mol. The van der Waals surface area contributed by atoms with Crippen molar-refractivity contribution in [3.05, 3.63) is 93.4 Å². The Morgan fingerprint density at radius 1 is 0.857 bits per heavy atom. The fraction of sp³-hybridized carbons (Fsp3) is 0.410. The van der Waals surface area contributed by atoms with Crippen LogP contribution >= 0.6 is 0 Å². The van der Waals surface area contributed by atoms with Crippen molar-refractivity contribution >= 4 is 41.4 Å². The van der Waals surface area contributed by atoms with Gasteiger partial charge in [0.05, 0.1) is 5.41 Å². The summed E-state index contributed by atoms with van der Waals surface area (Å²) >= 11 is 0. The molecule has 3 aromatic rings. The van der Waals surface area contributed by atoms with E-state index in [1.165, 1.54) is 5.69 Å². The highest BCUT2D eigenvalue weighted by atomic mass is 16.2. The third-order valence-corrected chi connectivity index (χ3v) is 10.5. The predicted octanol–water partition coefficient (Wildman–Crippen LogP) is 4.17. The number of likely N-dealkylation sites (N-methyl/N-ethyl adjacent to an activating group) is 3. The van der Waals surface area contributed by atoms with Crippen LogP contribution in [-0.4, -0.2) is 90.9 Å². The van der Waals surface area contributed by atoms with Crippen molar-refractivity contribution in [3.8, 4) is 0 Å². The SMILES string of the molecule is Cc1cc(C[C@H]2NC(=O)c3cc4c(cn3)C[C@@]3(C4)C(=O)Nc4ncc(cc43)/C=C/CN(C)CCCCCN(C)C2=O)cc2c1N(C)CC=C2. The van der Waals surface area contributed by atoms with Gasteiger partial charge in [-0.2, -0.15) is 0 Å². The molecule has 0 radical (unpaired) electrons. The zero-order chi connectivity index (χ0) is 34.3. The number of benzene rings is 1. The Kier molecular flexibility index (Phi) is 8.83. The van der Waals surface area contributed by atoms with Crippen LogP contribution in [0.15, 0.2) is 48.8 Å². The lowest BCUT2D eigenvalue weighted by atomic mass is 9.79. The third-order valence-electron chi connectivity index (χ3n) is 10.5. The molecule has 7 rings (SSSR count). The van der Waals surface area contributed by atoms with E-state index in [0.717, 1.165) is 77.8 Å². The van der Waals surface area contributed by atoms with Gasteiger partial charge in [-0.3, -0.25) is 19.4 Å². The van der Waals surface area contributed by atoms with Gasteiger partial charge in [0.25, 0.3) is 5.91 Å². The number of fused-ring (bicyclic) bond motifs is 3. The van der Waals surface area contributed by atoms with Crippen LogP contribution in [0, 0.1) is 6.92 Å². The van der Waals surface area contributed by atoms with E-state index in [4.69, 9.17) is 0 Å². The first kappa shape index (κ1) is 32.7. The van der Waals surface area contributed by atoms with Crippen molar-refractivity contribution in [2.24, 2.45) is 0 Å². The molecule has 49 heavy (non-hydrogen) atoms. The van der Waals surface area contributed by atoms with Crippen LogP contribution in [0.2, 0.25) is 0 Å². The molecule has 0 fully saturated rings. The normalized spacial score (nSPS) is 23.5. The second kappa shape index (κ2) is 13.2. The summed E-state index contributed by atoms with van der Waals surface area (Å²) in [5, 5.41) is 6.06. The molecular formula is C39H45N7O3. The average molecular weight is 660 g/mol. The topological polar surface area (TPSA) is 111 Å². The highest BCUT2D eigenvalue weighted by Crippen LogP contribution is 2.47. The van der Waals surface area contributed by atoms with Gasteiger partial charge in [0.1, 0.15) is 17.6 Å². The molecule has 0 saturated heterocycles. The number of amides is 3. The van der Waals surface area contributed by atoms with Crippen LogP contribution in [0.3, 0.4) is 0 Å². The van der Waals surface area contributed by atoms with Crippen LogP contribution in [0.1, 0.15) is 68.7 Å². The number of aryl methyl sites for hydroxylation is 1.